The van der Waals surface area contributed by atoms with Gasteiger partial charge in [-0.05, 0) is 120 Å². The molecule has 2 amide bonds. The number of carbonyl (C=O) groups excluding carboxylic acids is 2. The van der Waals surface area contributed by atoms with Crippen LogP contribution in [-0.4, -0.2) is 76.6 Å². The summed E-state index contributed by atoms with van der Waals surface area (Å²) >= 11 is 0. The predicted molar refractivity (Wildman–Crippen MR) is 193 cm³/mol. The number of pyridine rings is 1. The van der Waals surface area contributed by atoms with Gasteiger partial charge in [-0.2, -0.15) is 0 Å². The topological polar surface area (TPSA) is 107 Å². The summed E-state index contributed by atoms with van der Waals surface area (Å²) in [5.74, 6) is 0.896. The average molecular weight is 659 g/mol. The number of aromatic nitrogens is 3. The van der Waals surface area contributed by atoms with Gasteiger partial charge in [0.1, 0.15) is 5.52 Å². The van der Waals surface area contributed by atoms with E-state index in [0.29, 0.717) is 23.6 Å². The maximum atomic E-state index is 14.5. The number of aryl methyl sites for hydroxylation is 1. The molecule has 254 valence electrons. The van der Waals surface area contributed by atoms with Crippen LogP contribution >= 0.6 is 0 Å². The Morgan fingerprint density at radius 3 is 2.51 bits per heavy atom. The standard InChI is InChI=1S/C39H46N8O2/c1-24-6-8-26(19-30(24)37(48)40-2)43-36-35-33(42-23-46(35)27-9-10-27)22-32(44-36)25-7-11-31-34(18-25)47(38(49)39(31)12-14-41-15-13-39)29-20-28(21-29)45-16-4-3-5-17-45/h6-8,11,18-19,22-23,27-29,41H,3-5,9-10,12-17,20-21H2,1-2H3,(H,40,48)(H,43,44)/t28-,29+. The Morgan fingerprint density at radius 2 is 1.76 bits per heavy atom. The zero-order valence-electron chi connectivity index (χ0n) is 28.6. The van der Waals surface area contributed by atoms with Crippen molar-refractivity contribution >= 4 is 40.0 Å². The molecule has 9 rings (SSSR count). The fraction of sp³-hybridized carbons (Fsp3) is 0.487. The van der Waals surface area contributed by atoms with Crippen LogP contribution < -0.4 is 20.9 Å². The van der Waals surface area contributed by atoms with E-state index in [1.165, 1.54) is 37.9 Å². The molecule has 3 N–H and O–H groups in total. The molecule has 2 saturated heterocycles. The number of amides is 2. The fourth-order valence-corrected chi connectivity index (χ4v) is 8.94. The molecule has 10 nitrogen and oxygen atoms in total. The zero-order chi connectivity index (χ0) is 33.3. The lowest BCUT2D eigenvalue weighted by Crippen LogP contribution is -2.58. The van der Waals surface area contributed by atoms with Crippen molar-refractivity contribution in [3.8, 4) is 11.3 Å². The highest BCUT2D eigenvalue weighted by Crippen LogP contribution is 2.51. The van der Waals surface area contributed by atoms with Crippen molar-refractivity contribution in [1.82, 2.24) is 30.1 Å². The van der Waals surface area contributed by atoms with Gasteiger partial charge in [0.15, 0.2) is 5.82 Å². The van der Waals surface area contributed by atoms with E-state index in [1.807, 2.05) is 31.5 Å². The Bertz CT molecular complexity index is 1950. The number of imidazole rings is 1. The maximum Gasteiger partial charge on any atom is 0.251 e. The molecule has 1 spiro atoms. The Kier molecular flexibility index (Phi) is 7.50. The molecule has 4 aromatic rings. The smallest absolute Gasteiger partial charge is 0.251 e. The van der Waals surface area contributed by atoms with E-state index in [4.69, 9.17) is 9.97 Å². The van der Waals surface area contributed by atoms with Crippen LogP contribution in [0, 0.1) is 6.92 Å². The van der Waals surface area contributed by atoms with Crippen LogP contribution in [0.15, 0.2) is 48.8 Å². The molecule has 5 heterocycles. The maximum absolute atomic E-state index is 14.5. The highest BCUT2D eigenvalue weighted by molar-refractivity contribution is 6.09. The Hall–Kier alpha value is -4.28. The Balaban J connectivity index is 1.10. The van der Waals surface area contributed by atoms with Gasteiger partial charge in [-0.25, -0.2) is 9.97 Å². The van der Waals surface area contributed by atoms with Crippen molar-refractivity contribution in [1.29, 1.82) is 0 Å². The van der Waals surface area contributed by atoms with E-state index in [-0.39, 0.29) is 11.9 Å². The highest BCUT2D eigenvalue weighted by Gasteiger charge is 2.54. The van der Waals surface area contributed by atoms with Gasteiger partial charge in [0.25, 0.3) is 5.91 Å². The molecule has 0 radical (unpaired) electrons. The summed E-state index contributed by atoms with van der Waals surface area (Å²) in [6.45, 7) is 6.05. The van der Waals surface area contributed by atoms with E-state index >= 15 is 0 Å². The summed E-state index contributed by atoms with van der Waals surface area (Å²) in [5.41, 5.74) is 7.79. The van der Waals surface area contributed by atoms with Gasteiger partial charge in [0.2, 0.25) is 5.91 Å². The molecule has 0 bridgehead atoms. The summed E-state index contributed by atoms with van der Waals surface area (Å²) in [7, 11) is 1.65. The fourth-order valence-electron chi connectivity index (χ4n) is 8.94. The third kappa shape index (κ3) is 5.14. The minimum absolute atomic E-state index is 0.117. The minimum Gasteiger partial charge on any atom is -0.355 e. The molecule has 0 unspecified atom stereocenters. The number of likely N-dealkylation sites (tertiary alicyclic amines) is 1. The van der Waals surface area contributed by atoms with Gasteiger partial charge >= 0.3 is 0 Å². The molecule has 2 saturated carbocycles. The number of nitrogens with zero attached hydrogens (tertiary/aromatic N) is 5. The number of hydrogen-bond acceptors (Lipinski definition) is 7. The van der Waals surface area contributed by atoms with E-state index in [2.05, 4.69) is 54.6 Å². The van der Waals surface area contributed by atoms with Gasteiger partial charge in [-0.3, -0.25) is 9.59 Å². The molecular formula is C39H46N8O2. The highest BCUT2D eigenvalue weighted by atomic mass is 16.2. The molecule has 0 atom stereocenters. The second-order valence-electron chi connectivity index (χ2n) is 15.0. The van der Waals surface area contributed by atoms with Crippen LogP contribution in [0.1, 0.15) is 85.3 Å². The summed E-state index contributed by atoms with van der Waals surface area (Å²) in [6, 6.07) is 15.8. The van der Waals surface area contributed by atoms with Gasteiger partial charge in [0.05, 0.1) is 23.0 Å². The molecule has 3 aliphatic heterocycles. The first-order valence-corrected chi connectivity index (χ1v) is 18.3. The quantitative estimate of drug-likeness (QED) is 0.230. The van der Waals surface area contributed by atoms with Gasteiger partial charge in [0, 0.05) is 47.7 Å². The van der Waals surface area contributed by atoms with Crippen molar-refractivity contribution in [3.05, 3.63) is 65.5 Å². The van der Waals surface area contributed by atoms with E-state index in [0.717, 1.165) is 96.7 Å². The number of benzene rings is 2. The molecule has 49 heavy (non-hydrogen) atoms. The van der Waals surface area contributed by atoms with Crippen LogP contribution in [0.25, 0.3) is 22.3 Å². The number of rotatable bonds is 7. The van der Waals surface area contributed by atoms with Crippen LogP contribution in [0.2, 0.25) is 0 Å². The second-order valence-corrected chi connectivity index (χ2v) is 15.0. The van der Waals surface area contributed by atoms with Crippen molar-refractivity contribution in [3.63, 3.8) is 0 Å². The molecule has 10 heteroatoms. The summed E-state index contributed by atoms with van der Waals surface area (Å²) in [4.78, 5) is 42.1. The van der Waals surface area contributed by atoms with Gasteiger partial charge in [-0.15, -0.1) is 0 Å². The molecule has 5 aliphatic rings. The van der Waals surface area contributed by atoms with Crippen LogP contribution in [-0.2, 0) is 10.2 Å². The first kappa shape index (κ1) is 30.8. The number of fused-ring (bicyclic) bond motifs is 3. The van der Waals surface area contributed by atoms with Gasteiger partial charge < -0.3 is 30.3 Å². The first-order chi connectivity index (χ1) is 23.9. The number of anilines is 3. The van der Waals surface area contributed by atoms with Crippen molar-refractivity contribution in [2.45, 2.75) is 88.3 Å². The van der Waals surface area contributed by atoms with Crippen LogP contribution in [0.3, 0.4) is 0 Å². The SMILES string of the molecule is CNC(=O)c1cc(Nc2nc(-c3ccc4c(c3)N([C@H]3C[C@@H](N5CCCCC5)C3)C(=O)C43CCNCC3)cc3ncn(C4CC4)c23)ccc1C. The third-order valence-corrected chi connectivity index (χ3v) is 12.0. The third-order valence-electron chi connectivity index (χ3n) is 12.0. The first-order valence-electron chi connectivity index (χ1n) is 18.3. The van der Waals surface area contributed by atoms with Crippen molar-refractivity contribution < 1.29 is 9.59 Å². The Morgan fingerprint density at radius 1 is 0.959 bits per heavy atom. The lowest BCUT2D eigenvalue weighted by atomic mass is 9.74. The molecule has 2 aliphatic carbocycles. The summed E-state index contributed by atoms with van der Waals surface area (Å²) in [5, 5.41) is 9.82. The summed E-state index contributed by atoms with van der Waals surface area (Å²) < 4.78 is 2.24. The summed E-state index contributed by atoms with van der Waals surface area (Å²) in [6.07, 6.45) is 11.9. The average Bonchev–Trinajstić information content (AvgIpc) is 3.83. The predicted octanol–water partition coefficient (Wildman–Crippen LogP) is 5.83. The monoisotopic (exact) mass is 658 g/mol. The number of nitrogens with one attached hydrogen (secondary N) is 3. The van der Waals surface area contributed by atoms with Gasteiger partial charge in [-0.1, -0.05) is 24.6 Å². The lowest BCUT2D eigenvalue weighted by molar-refractivity contribution is -0.125. The minimum atomic E-state index is -0.448. The number of piperidine rings is 2. The van der Waals surface area contributed by atoms with E-state index < -0.39 is 5.41 Å². The number of hydrogen-bond donors (Lipinski definition) is 3. The van der Waals surface area contributed by atoms with E-state index in [1.54, 1.807) is 7.05 Å². The molecular weight excluding hydrogens is 612 g/mol. The largest absolute Gasteiger partial charge is 0.355 e. The van der Waals surface area contributed by atoms with Crippen molar-refractivity contribution in [2.75, 3.05) is 43.4 Å². The second kappa shape index (κ2) is 11.9. The molecule has 2 aromatic heterocycles. The van der Waals surface area contributed by atoms with Crippen LogP contribution in [0.5, 0.6) is 0 Å². The Labute approximate surface area is 287 Å². The van der Waals surface area contributed by atoms with Crippen molar-refractivity contribution in [2.24, 2.45) is 0 Å². The lowest BCUT2D eigenvalue weighted by Gasteiger charge is -2.48. The van der Waals surface area contributed by atoms with Crippen LogP contribution in [0.4, 0.5) is 17.2 Å². The molecule has 4 fully saturated rings. The normalized spacial score (nSPS) is 23.5. The molecule has 2 aromatic carbocycles. The zero-order valence-corrected chi connectivity index (χ0v) is 28.6. The number of carbonyl (C=O) groups is 2. The van der Waals surface area contributed by atoms with E-state index in [9.17, 15) is 9.59 Å².